The largest absolute Gasteiger partial charge is 0.147 e. The second-order valence-corrected chi connectivity index (χ2v) is 9.38. The van der Waals surface area contributed by atoms with Gasteiger partial charge in [-0.3, -0.25) is 0 Å². The van der Waals surface area contributed by atoms with E-state index in [1.165, 1.54) is 55.4 Å². The number of nitrogens with one attached hydrogen (secondary N) is 1. The summed E-state index contributed by atoms with van der Waals surface area (Å²) in [6.45, 7) is 8.81. The van der Waals surface area contributed by atoms with Gasteiger partial charge in [-0.05, 0) is 0 Å². The van der Waals surface area contributed by atoms with E-state index >= 15 is 0 Å². The fourth-order valence-electron chi connectivity index (χ4n) is 4.28. The van der Waals surface area contributed by atoms with Gasteiger partial charge in [0.25, 0.3) is 0 Å². The molecule has 0 fully saturated rings. The minimum atomic E-state index is -0.342. The SMILES string of the molecule is CC1=CCC(c2ccc3ccccc3c2[CH2][Ti][NH]c2c(C)cc(C)cc2C)=C1.Cl.Cl. The summed E-state index contributed by atoms with van der Waals surface area (Å²) in [7, 11) is 0. The van der Waals surface area contributed by atoms with Crippen molar-refractivity contribution < 1.29 is 19.4 Å². The van der Waals surface area contributed by atoms with Crippen LogP contribution in [0, 0.1) is 20.8 Å². The van der Waals surface area contributed by atoms with Crippen LogP contribution in [0.2, 0.25) is 0 Å². The van der Waals surface area contributed by atoms with E-state index in [9.17, 15) is 0 Å². The maximum Gasteiger partial charge on any atom is -0.147 e. The average molecular weight is 474 g/mol. The Labute approximate surface area is 202 Å². The van der Waals surface area contributed by atoms with Crippen molar-refractivity contribution in [3.8, 4) is 0 Å². The van der Waals surface area contributed by atoms with Gasteiger partial charge in [0.1, 0.15) is 0 Å². The third-order valence-corrected chi connectivity index (χ3v) is 7.08. The molecule has 3 aromatic rings. The Morgan fingerprint density at radius 1 is 0.900 bits per heavy atom. The van der Waals surface area contributed by atoms with Gasteiger partial charge in [0.15, 0.2) is 0 Å². The summed E-state index contributed by atoms with van der Waals surface area (Å²) in [5.41, 5.74) is 11.2. The smallest absolute Gasteiger partial charge is 0.147 e. The van der Waals surface area contributed by atoms with Crippen LogP contribution in [0.5, 0.6) is 0 Å². The molecule has 4 rings (SSSR count). The van der Waals surface area contributed by atoms with Crippen LogP contribution in [-0.2, 0) is 24.1 Å². The quantitative estimate of drug-likeness (QED) is 0.370. The summed E-state index contributed by atoms with van der Waals surface area (Å²) in [5.74, 6) is 0. The molecule has 0 bridgehead atoms. The number of hydrogen-bond acceptors (Lipinski definition) is 1. The Bertz CT molecular complexity index is 1090. The molecule has 0 aromatic heterocycles. The molecule has 0 atom stereocenters. The average Bonchev–Trinajstić information content (AvgIpc) is 3.10. The first kappa shape index (κ1) is 24.8. The Morgan fingerprint density at radius 3 is 2.27 bits per heavy atom. The Balaban J connectivity index is 0.00000160. The summed E-state index contributed by atoms with van der Waals surface area (Å²) >= 11 is -0.342. The molecule has 3 aromatic carbocycles. The second kappa shape index (κ2) is 10.7. The predicted octanol–water partition coefficient (Wildman–Crippen LogP) is 7.95. The van der Waals surface area contributed by atoms with E-state index in [4.69, 9.17) is 0 Å². The molecule has 0 radical (unpaired) electrons. The molecule has 0 heterocycles. The molecule has 4 heteroatoms. The molecule has 0 saturated carbocycles. The van der Waals surface area contributed by atoms with Gasteiger partial charge in [0.05, 0.1) is 0 Å². The van der Waals surface area contributed by atoms with Crippen molar-refractivity contribution in [1.82, 2.24) is 0 Å². The van der Waals surface area contributed by atoms with Crippen molar-refractivity contribution in [3.05, 3.63) is 94.1 Å². The molecular formula is C26H29Cl2NTi. The van der Waals surface area contributed by atoms with Gasteiger partial charge in [-0.2, -0.15) is 0 Å². The fourth-order valence-corrected chi connectivity index (χ4v) is 6.18. The Hall–Kier alpha value is -1.51. The van der Waals surface area contributed by atoms with Gasteiger partial charge >= 0.3 is 178 Å². The number of benzene rings is 3. The van der Waals surface area contributed by atoms with Crippen molar-refractivity contribution >= 4 is 46.8 Å². The molecule has 0 saturated heterocycles. The van der Waals surface area contributed by atoms with E-state index in [-0.39, 0.29) is 44.2 Å². The van der Waals surface area contributed by atoms with Crippen LogP contribution in [-0.4, -0.2) is 0 Å². The third kappa shape index (κ3) is 5.21. The molecule has 1 aliphatic carbocycles. The number of fused-ring (bicyclic) bond motifs is 1. The number of aryl methyl sites for hydroxylation is 3. The van der Waals surface area contributed by atoms with Crippen LogP contribution in [0.4, 0.5) is 5.69 Å². The van der Waals surface area contributed by atoms with E-state index in [1.807, 2.05) is 0 Å². The zero-order chi connectivity index (χ0) is 19.7. The number of allylic oxidation sites excluding steroid dienone is 4. The van der Waals surface area contributed by atoms with Gasteiger partial charge in [0.2, 0.25) is 0 Å². The maximum atomic E-state index is 3.84. The fraction of sp³-hybridized carbons (Fsp3) is 0.231. The van der Waals surface area contributed by atoms with Crippen LogP contribution in [0.15, 0.2) is 66.3 Å². The molecule has 1 aliphatic rings. The zero-order valence-corrected chi connectivity index (χ0v) is 21.2. The summed E-state index contributed by atoms with van der Waals surface area (Å²) in [6.07, 6.45) is 5.75. The standard InChI is InChI=1S/C17H15.C9H12N.2ClH.Ti/c1-12-7-8-15(11-12)17-10-9-14-5-3-4-6-16(14)13(17)2;1-6-4-7(2)9(10)8(3)5-6;;;/h3-7,9-11H,2,8H2,1H3;4-5,10H,1-3H3;2*1H;/q;-1;;;+1. The first-order valence-electron chi connectivity index (χ1n) is 9.98. The third-order valence-electron chi connectivity index (χ3n) is 5.59. The second-order valence-electron chi connectivity index (χ2n) is 7.89. The van der Waals surface area contributed by atoms with Gasteiger partial charge < -0.3 is 0 Å². The monoisotopic (exact) mass is 473 g/mol. The molecule has 1 N–H and O–H groups in total. The molecule has 30 heavy (non-hydrogen) atoms. The van der Waals surface area contributed by atoms with Crippen LogP contribution < -0.4 is 3.80 Å². The van der Waals surface area contributed by atoms with Crippen LogP contribution >= 0.6 is 24.8 Å². The van der Waals surface area contributed by atoms with E-state index in [2.05, 4.69) is 92.2 Å². The van der Waals surface area contributed by atoms with E-state index in [0.717, 1.165) is 11.1 Å². The molecular weight excluding hydrogens is 445 g/mol. The Morgan fingerprint density at radius 2 is 1.60 bits per heavy atom. The topological polar surface area (TPSA) is 12.0 Å². The van der Waals surface area contributed by atoms with Gasteiger partial charge in [-0.1, -0.05) is 0 Å². The summed E-state index contributed by atoms with van der Waals surface area (Å²) in [6, 6.07) is 18.0. The van der Waals surface area contributed by atoms with Crippen molar-refractivity contribution in [3.63, 3.8) is 0 Å². The number of anilines is 1. The molecule has 156 valence electrons. The number of hydrogen-bond donors (Lipinski definition) is 1. The number of rotatable bonds is 5. The van der Waals surface area contributed by atoms with Gasteiger partial charge in [0, 0.05) is 0 Å². The number of halogens is 2. The molecule has 0 spiro atoms. The van der Waals surface area contributed by atoms with Crippen LogP contribution in [0.1, 0.15) is 41.2 Å². The summed E-state index contributed by atoms with van der Waals surface area (Å²) in [4.78, 5) is 0. The van der Waals surface area contributed by atoms with Crippen LogP contribution in [0.25, 0.3) is 16.3 Å². The first-order valence-corrected chi connectivity index (χ1v) is 11.9. The molecule has 1 nitrogen and oxygen atoms in total. The van der Waals surface area contributed by atoms with Crippen molar-refractivity contribution in [2.24, 2.45) is 0 Å². The molecule has 0 aliphatic heterocycles. The Kier molecular flexibility index (Phi) is 8.82. The van der Waals surface area contributed by atoms with Crippen molar-refractivity contribution in [2.75, 3.05) is 3.80 Å². The van der Waals surface area contributed by atoms with Crippen molar-refractivity contribution in [2.45, 2.75) is 38.8 Å². The normalized spacial score (nSPS) is 12.5. The predicted molar refractivity (Wildman–Crippen MR) is 133 cm³/mol. The van der Waals surface area contributed by atoms with Crippen LogP contribution in [0.3, 0.4) is 0 Å². The summed E-state index contributed by atoms with van der Waals surface area (Å²) < 4.78 is 4.98. The first-order chi connectivity index (χ1) is 13.5. The minimum Gasteiger partial charge on any atom is -0.147 e. The maximum absolute atomic E-state index is 3.84. The molecule has 0 unspecified atom stereocenters. The van der Waals surface area contributed by atoms with E-state index < -0.39 is 0 Å². The van der Waals surface area contributed by atoms with Gasteiger partial charge in [-0.25, -0.2) is 0 Å². The van der Waals surface area contributed by atoms with Crippen molar-refractivity contribution in [1.29, 1.82) is 0 Å². The van der Waals surface area contributed by atoms with Gasteiger partial charge in [-0.15, -0.1) is 24.8 Å². The minimum absolute atomic E-state index is 0. The van der Waals surface area contributed by atoms with E-state index in [1.54, 1.807) is 0 Å². The van der Waals surface area contributed by atoms with E-state index in [0.29, 0.717) is 0 Å². The molecule has 0 amide bonds. The zero-order valence-electron chi connectivity index (χ0n) is 18.0. The summed E-state index contributed by atoms with van der Waals surface area (Å²) in [5, 5.41) is 2.76.